The predicted molar refractivity (Wildman–Crippen MR) is 208 cm³/mol. The van der Waals surface area contributed by atoms with E-state index in [4.69, 9.17) is 4.98 Å². The highest BCUT2D eigenvalue weighted by molar-refractivity contribution is 5.99. The molecule has 0 aliphatic heterocycles. The first-order valence-corrected chi connectivity index (χ1v) is 16.8. The van der Waals surface area contributed by atoms with E-state index in [9.17, 15) is 8.78 Å². The zero-order chi connectivity index (χ0) is 33.7. The molecule has 0 bridgehead atoms. The summed E-state index contributed by atoms with van der Waals surface area (Å²) in [6.45, 7) is 17.9. The number of hydrogen-bond donors (Lipinski definition) is 0. The third-order valence-corrected chi connectivity index (χ3v) is 9.04. The van der Waals surface area contributed by atoms with Gasteiger partial charge in [-0.15, -0.1) is 0 Å². The Morgan fingerprint density at radius 1 is 0.633 bits per heavy atom. The van der Waals surface area contributed by atoms with Gasteiger partial charge in [0.2, 0.25) is 0 Å². The van der Waals surface area contributed by atoms with Crippen molar-refractivity contribution in [2.45, 2.75) is 106 Å². The van der Waals surface area contributed by atoms with Gasteiger partial charge in [0.25, 0.3) is 0 Å². The zero-order valence-corrected chi connectivity index (χ0v) is 29.0. The standard InChI is InChI=1S/C22H22FN.C21H24FN.2CH4/c1-22(2,3)20-19(14-10-12-16(23)13-11-14)17-6-4-5-7-18(17)24-21(20)15-8-9-15;1-14(2)23-18-9-7-6-8-17(18)19(20(23)21(3,4)5)15-10-12-16(22)13-11-15;;/h4-7,10-13,15H,8-9H2,1-3H3;6-14H,1-5H3;2*1H4. The molecule has 2 heterocycles. The van der Waals surface area contributed by atoms with Crippen molar-refractivity contribution in [2.24, 2.45) is 0 Å². The number of para-hydroxylation sites is 2. The number of aromatic nitrogens is 2. The molecule has 49 heavy (non-hydrogen) atoms. The molecule has 2 nitrogen and oxygen atoms in total. The summed E-state index contributed by atoms with van der Waals surface area (Å²) in [5.74, 6) is 0.179. The smallest absolute Gasteiger partial charge is 0.123 e. The average Bonchev–Trinajstić information content (AvgIpc) is 3.81. The molecule has 1 saturated carbocycles. The first-order valence-electron chi connectivity index (χ1n) is 16.8. The highest BCUT2D eigenvalue weighted by Gasteiger charge is 2.34. The molecular weight excluding hydrogens is 607 g/mol. The zero-order valence-electron chi connectivity index (χ0n) is 29.0. The molecule has 0 amide bonds. The van der Waals surface area contributed by atoms with Crippen LogP contribution >= 0.6 is 0 Å². The van der Waals surface area contributed by atoms with Gasteiger partial charge in [-0.05, 0) is 90.8 Å². The van der Waals surface area contributed by atoms with Crippen LogP contribution in [0.25, 0.3) is 44.1 Å². The third kappa shape index (κ3) is 7.49. The maximum Gasteiger partial charge on any atom is 0.123 e. The van der Waals surface area contributed by atoms with Gasteiger partial charge in [0.05, 0.1) is 5.52 Å². The third-order valence-electron chi connectivity index (χ3n) is 9.04. The van der Waals surface area contributed by atoms with Crippen LogP contribution in [0.5, 0.6) is 0 Å². The van der Waals surface area contributed by atoms with E-state index in [0.29, 0.717) is 12.0 Å². The number of pyridine rings is 1. The monoisotopic (exact) mass is 660 g/mol. The molecule has 6 aromatic rings. The van der Waals surface area contributed by atoms with Crippen LogP contribution in [0.3, 0.4) is 0 Å². The minimum atomic E-state index is -0.197. The van der Waals surface area contributed by atoms with E-state index >= 15 is 0 Å². The van der Waals surface area contributed by atoms with Crippen LogP contribution in [0, 0.1) is 11.6 Å². The fraction of sp³-hybridized carbons (Fsp3) is 0.356. The number of nitrogens with zero attached hydrogens (tertiary/aromatic N) is 2. The lowest BCUT2D eigenvalue weighted by molar-refractivity contribution is 0.495. The summed E-state index contributed by atoms with van der Waals surface area (Å²) in [4.78, 5) is 5.03. The van der Waals surface area contributed by atoms with Gasteiger partial charge < -0.3 is 4.57 Å². The number of hydrogen-bond acceptors (Lipinski definition) is 1. The largest absolute Gasteiger partial charge is 0.341 e. The van der Waals surface area contributed by atoms with Gasteiger partial charge in [0, 0.05) is 50.6 Å². The van der Waals surface area contributed by atoms with Crippen molar-refractivity contribution in [1.82, 2.24) is 9.55 Å². The minimum Gasteiger partial charge on any atom is -0.341 e. The van der Waals surface area contributed by atoms with E-state index in [1.54, 1.807) is 24.3 Å². The van der Waals surface area contributed by atoms with Crippen LogP contribution in [-0.4, -0.2) is 9.55 Å². The molecule has 0 radical (unpaired) electrons. The van der Waals surface area contributed by atoms with Crippen molar-refractivity contribution in [3.63, 3.8) is 0 Å². The quantitative estimate of drug-likeness (QED) is 0.184. The molecule has 2 aromatic heterocycles. The Hall–Kier alpha value is -4.31. The van der Waals surface area contributed by atoms with Crippen molar-refractivity contribution in [1.29, 1.82) is 0 Å². The number of halogens is 2. The van der Waals surface area contributed by atoms with Gasteiger partial charge in [0.15, 0.2) is 0 Å². The van der Waals surface area contributed by atoms with E-state index in [1.807, 2.05) is 30.3 Å². The van der Waals surface area contributed by atoms with Crippen molar-refractivity contribution in [3.8, 4) is 22.3 Å². The fourth-order valence-electron chi connectivity index (χ4n) is 7.00. The van der Waals surface area contributed by atoms with Gasteiger partial charge in [-0.25, -0.2) is 8.78 Å². The lowest BCUT2D eigenvalue weighted by Crippen LogP contribution is -2.20. The maximum absolute atomic E-state index is 13.5. The van der Waals surface area contributed by atoms with Crippen LogP contribution in [0.2, 0.25) is 0 Å². The van der Waals surface area contributed by atoms with E-state index in [1.165, 1.54) is 51.8 Å². The molecule has 0 atom stereocenters. The summed E-state index contributed by atoms with van der Waals surface area (Å²) in [7, 11) is 0. The molecule has 4 heteroatoms. The minimum absolute atomic E-state index is 0. The van der Waals surface area contributed by atoms with E-state index < -0.39 is 0 Å². The molecule has 0 unspecified atom stereocenters. The number of benzene rings is 4. The first kappa shape index (κ1) is 37.5. The van der Waals surface area contributed by atoms with Crippen LogP contribution in [0.4, 0.5) is 8.78 Å². The van der Waals surface area contributed by atoms with Crippen LogP contribution in [0.1, 0.15) is 112 Å². The SMILES string of the molecule is C.C.CC(C)(C)c1c(C2CC2)nc2ccccc2c1-c1ccc(F)cc1.CC(C)n1c(C(C)(C)C)c(-c2ccc(F)cc2)c2ccccc21. The number of rotatable bonds is 4. The molecule has 1 aliphatic rings. The van der Waals surface area contributed by atoms with E-state index in [-0.39, 0.29) is 37.3 Å². The summed E-state index contributed by atoms with van der Waals surface area (Å²) in [6, 6.07) is 30.9. The predicted octanol–water partition coefficient (Wildman–Crippen LogP) is 13.8. The normalized spacial score (nSPS) is 13.1. The Morgan fingerprint density at radius 3 is 1.61 bits per heavy atom. The van der Waals surface area contributed by atoms with E-state index in [0.717, 1.165) is 22.0 Å². The Bertz CT molecular complexity index is 2030. The fourth-order valence-corrected chi connectivity index (χ4v) is 7.00. The Balaban J connectivity index is 0.000000212. The van der Waals surface area contributed by atoms with Gasteiger partial charge in [-0.1, -0.05) is 117 Å². The highest BCUT2D eigenvalue weighted by atomic mass is 19.1. The summed E-state index contributed by atoms with van der Waals surface area (Å²) >= 11 is 0. The van der Waals surface area contributed by atoms with Crippen LogP contribution in [-0.2, 0) is 10.8 Å². The van der Waals surface area contributed by atoms with Crippen molar-refractivity contribution < 1.29 is 8.78 Å². The number of fused-ring (bicyclic) bond motifs is 2. The highest BCUT2D eigenvalue weighted by Crippen LogP contribution is 2.48. The van der Waals surface area contributed by atoms with Crippen LogP contribution in [0.15, 0.2) is 97.1 Å². The van der Waals surface area contributed by atoms with Crippen LogP contribution < -0.4 is 0 Å². The average molecular weight is 661 g/mol. The summed E-state index contributed by atoms with van der Waals surface area (Å²) in [5, 5.41) is 2.39. The molecule has 1 fully saturated rings. The second kappa shape index (κ2) is 14.3. The van der Waals surface area contributed by atoms with Gasteiger partial charge in [-0.2, -0.15) is 0 Å². The van der Waals surface area contributed by atoms with E-state index in [2.05, 4.69) is 102 Å². The second-order valence-corrected chi connectivity index (χ2v) is 15.3. The lowest BCUT2D eigenvalue weighted by Gasteiger charge is -2.27. The molecule has 7 rings (SSSR count). The van der Waals surface area contributed by atoms with Crippen molar-refractivity contribution in [2.75, 3.05) is 0 Å². The van der Waals surface area contributed by atoms with Crippen molar-refractivity contribution >= 4 is 21.8 Å². The molecule has 0 saturated heterocycles. The van der Waals surface area contributed by atoms with Gasteiger partial charge in [0.1, 0.15) is 11.6 Å². The van der Waals surface area contributed by atoms with Gasteiger partial charge >= 0.3 is 0 Å². The molecular formula is C45H54F2N2. The van der Waals surface area contributed by atoms with Crippen molar-refractivity contribution in [3.05, 3.63) is 126 Å². The summed E-state index contributed by atoms with van der Waals surface area (Å²) < 4.78 is 29.3. The Morgan fingerprint density at radius 2 is 1.12 bits per heavy atom. The molecule has 258 valence electrons. The molecule has 1 aliphatic carbocycles. The topological polar surface area (TPSA) is 17.8 Å². The maximum atomic E-state index is 13.5. The molecule has 0 spiro atoms. The summed E-state index contributed by atoms with van der Waals surface area (Å²) in [5.41, 5.74) is 10.7. The second-order valence-electron chi connectivity index (χ2n) is 15.3. The summed E-state index contributed by atoms with van der Waals surface area (Å²) in [6.07, 6.45) is 2.44. The van der Waals surface area contributed by atoms with Gasteiger partial charge in [-0.3, -0.25) is 4.98 Å². The lowest BCUT2D eigenvalue weighted by atomic mass is 9.78. The Kier molecular flexibility index (Phi) is 10.9. The molecule has 4 aromatic carbocycles. The Labute approximate surface area is 293 Å². The first-order chi connectivity index (χ1) is 22.3. The molecule has 0 N–H and O–H groups in total.